The Morgan fingerprint density at radius 1 is 0.593 bits per heavy atom. The Morgan fingerprint density at radius 3 is 1.53 bits per heavy atom. The molecule has 0 saturated carbocycles. The Bertz CT molecular complexity index is 2460. The molecule has 2 aromatic carbocycles. The Kier molecular flexibility index (Phi) is 26.1. The van der Waals surface area contributed by atoms with Crippen LogP contribution < -0.4 is 31.9 Å². The number of likely N-dealkylation sites (N-methyl/N-ethyl adjacent to an activating group) is 2. The summed E-state index contributed by atoms with van der Waals surface area (Å²) in [6.07, 6.45) is 11.0. The van der Waals surface area contributed by atoms with Crippen LogP contribution in [0.2, 0.25) is 0 Å². The molecule has 0 radical (unpaired) electrons. The van der Waals surface area contributed by atoms with Crippen molar-refractivity contribution in [2.45, 2.75) is 173 Å². The molecule has 23 heteroatoms. The van der Waals surface area contributed by atoms with Gasteiger partial charge in [0.05, 0.1) is 89.3 Å². The summed E-state index contributed by atoms with van der Waals surface area (Å²) < 4.78 is 20.8. The lowest BCUT2D eigenvalue weighted by Crippen LogP contribution is -2.60. The van der Waals surface area contributed by atoms with Crippen LogP contribution >= 0.6 is 0 Å². The minimum Gasteiger partial charge on any atom is -0.377 e. The number of carbonyl (C=O) groups excluding carboxylic acids is 6. The van der Waals surface area contributed by atoms with E-state index in [2.05, 4.69) is 52.5 Å². The average Bonchev–Trinajstić information content (AvgIpc) is 4.19. The van der Waals surface area contributed by atoms with E-state index in [9.17, 15) is 28.8 Å². The third-order valence-corrected chi connectivity index (χ3v) is 15.1. The molecule has 2 fully saturated rings. The highest BCUT2D eigenvalue weighted by Crippen LogP contribution is 2.27. The topological polar surface area (TPSA) is 270 Å². The zero-order chi connectivity index (χ0) is 58.1. The standard InChI is InChI=1S/C58H88N14O9/c1-8-21-50(71-29-20-12-17-27-45(57(71)77)61-53(73)41(4)59-6)56(76)64-52(44-25-15-11-16-26-44)48-39-70(68-66-48)31-33-80-35-37-81-36-34-79-32-30-69-38-47(65-67-69)51(43-23-13-10-14-24-43)63-55(75)49(9-2)72-40(3)22-18-19-28-46(58(72)78)62-54(74)42(5)60-7/h10-11,13-16,23-26,38-42,45-46,49-52,59-60H,8-9,12,17-22,27-37H2,1-7H3,(H,61,73)(H,62,74)(H,63,75)(H,64,76)/t40-,41+,42?,45+,46+,49+,50+,51+,52+/m1/s1. The van der Waals surface area contributed by atoms with E-state index in [4.69, 9.17) is 14.2 Å². The molecule has 2 aliphatic heterocycles. The lowest BCUT2D eigenvalue weighted by atomic mass is 9.96. The van der Waals surface area contributed by atoms with Crippen LogP contribution in [0, 0.1) is 0 Å². The molecular formula is C58H88N14O9. The number of nitrogens with zero attached hydrogens (tertiary/aromatic N) is 8. The number of rotatable bonds is 31. The van der Waals surface area contributed by atoms with Gasteiger partial charge < -0.3 is 55.9 Å². The molecule has 6 amide bonds. The molecule has 2 saturated heterocycles. The molecule has 23 nitrogen and oxygen atoms in total. The molecule has 0 spiro atoms. The number of aromatic nitrogens is 6. The van der Waals surface area contributed by atoms with Gasteiger partial charge >= 0.3 is 0 Å². The number of amides is 6. The van der Waals surface area contributed by atoms with Crippen molar-refractivity contribution in [3.05, 3.63) is 95.6 Å². The highest BCUT2D eigenvalue weighted by atomic mass is 16.5. The van der Waals surface area contributed by atoms with Crippen molar-refractivity contribution in [2.75, 3.05) is 60.3 Å². The van der Waals surface area contributed by atoms with Crippen molar-refractivity contribution in [1.29, 1.82) is 0 Å². The quantitative estimate of drug-likeness (QED) is 0.0395. The third kappa shape index (κ3) is 18.7. The van der Waals surface area contributed by atoms with Gasteiger partial charge in [-0.2, -0.15) is 0 Å². The largest absolute Gasteiger partial charge is 0.377 e. The first kappa shape index (κ1) is 63.5. The van der Waals surface area contributed by atoms with E-state index in [0.29, 0.717) is 103 Å². The maximum absolute atomic E-state index is 14.3. The van der Waals surface area contributed by atoms with Crippen LogP contribution in [-0.2, 0) is 56.1 Å². The van der Waals surface area contributed by atoms with Crippen LogP contribution in [0.3, 0.4) is 0 Å². The average molecular weight is 1130 g/mol. The number of hydrogen-bond acceptors (Lipinski definition) is 15. The number of benzene rings is 2. The first-order valence-corrected chi connectivity index (χ1v) is 29.1. The van der Waals surface area contributed by atoms with E-state index in [0.717, 1.165) is 49.7 Å². The molecule has 2 aromatic heterocycles. The van der Waals surface area contributed by atoms with Crippen LogP contribution in [-0.4, -0.2) is 178 Å². The summed E-state index contributed by atoms with van der Waals surface area (Å²) in [5.74, 6) is -1.64. The van der Waals surface area contributed by atoms with Gasteiger partial charge in [0.2, 0.25) is 35.4 Å². The first-order valence-electron chi connectivity index (χ1n) is 29.1. The Labute approximate surface area is 477 Å². The van der Waals surface area contributed by atoms with Crippen molar-refractivity contribution in [3.63, 3.8) is 0 Å². The highest BCUT2D eigenvalue weighted by Gasteiger charge is 2.40. The first-order chi connectivity index (χ1) is 39.3. The molecule has 1 unspecified atom stereocenters. The van der Waals surface area contributed by atoms with Gasteiger partial charge in [0.15, 0.2) is 0 Å². The second-order valence-corrected chi connectivity index (χ2v) is 21.0. The normalized spacial score (nSPS) is 19.4. The van der Waals surface area contributed by atoms with Crippen LogP contribution in [0.1, 0.15) is 140 Å². The van der Waals surface area contributed by atoms with Gasteiger partial charge in [-0.1, -0.05) is 117 Å². The third-order valence-electron chi connectivity index (χ3n) is 15.1. The van der Waals surface area contributed by atoms with Crippen LogP contribution in [0.25, 0.3) is 0 Å². The predicted octanol–water partition coefficient (Wildman–Crippen LogP) is 3.36. The van der Waals surface area contributed by atoms with Gasteiger partial charge in [-0.25, -0.2) is 9.36 Å². The Morgan fingerprint density at radius 2 is 1.05 bits per heavy atom. The lowest BCUT2D eigenvalue weighted by molar-refractivity contribution is -0.147. The van der Waals surface area contributed by atoms with Crippen molar-refractivity contribution < 1.29 is 43.0 Å². The molecule has 2 aliphatic rings. The number of hydrogen-bond donors (Lipinski definition) is 6. The number of likely N-dealkylation sites (tertiary alicyclic amines) is 2. The molecule has 6 rings (SSSR count). The molecule has 9 atom stereocenters. The van der Waals surface area contributed by atoms with E-state index in [1.807, 2.05) is 81.4 Å². The smallest absolute Gasteiger partial charge is 0.246 e. The predicted molar refractivity (Wildman–Crippen MR) is 304 cm³/mol. The maximum atomic E-state index is 14.3. The molecule has 0 aliphatic carbocycles. The van der Waals surface area contributed by atoms with Crippen LogP contribution in [0.5, 0.6) is 0 Å². The summed E-state index contributed by atoms with van der Waals surface area (Å²) in [6, 6.07) is 13.6. The van der Waals surface area contributed by atoms with Crippen molar-refractivity contribution in [2.24, 2.45) is 0 Å². The Hall–Kier alpha value is -6.66. The molecule has 4 heterocycles. The second-order valence-electron chi connectivity index (χ2n) is 21.0. The SMILES string of the molecule is CCC[C@@H](C(=O)N[C@@H](c1ccccc1)c1cn(CCOCCOCCOCCn2cc([C@@H](NC(=O)[C@H](CC)N3C(=O)[C@@H](NC(=O)C(C)NC)CCCC[C@H]3C)c3ccccc3)nn2)nn1)N1CCCCC[C@H](NC(=O)[C@H](C)NC)C1=O. The zero-order valence-electron chi connectivity index (χ0n) is 48.5. The molecule has 6 N–H and O–H groups in total. The Balaban J connectivity index is 0.942. The van der Waals surface area contributed by atoms with E-state index in [-0.39, 0.29) is 41.5 Å². The van der Waals surface area contributed by atoms with Gasteiger partial charge in [-0.05, 0) is 84.5 Å². The molecule has 0 bridgehead atoms. The van der Waals surface area contributed by atoms with Gasteiger partial charge in [0.1, 0.15) is 35.6 Å². The number of ether oxygens (including phenoxy) is 3. The summed E-state index contributed by atoms with van der Waals surface area (Å²) in [7, 11) is 3.39. The van der Waals surface area contributed by atoms with Crippen LogP contribution in [0.4, 0.5) is 0 Å². The minimum absolute atomic E-state index is 0.213. The van der Waals surface area contributed by atoms with Gasteiger partial charge in [-0.3, -0.25) is 28.8 Å². The number of carbonyl (C=O) groups is 6. The summed E-state index contributed by atoms with van der Waals surface area (Å²) in [4.78, 5) is 86.0. The number of nitrogens with one attached hydrogen (secondary N) is 6. The minimum atomic E-state index is -0.779. The van der Waals surface area contributed by atoms with E-state index < -0.39 is 48.3 Å². The maximum Gasteiger partial charge on any atom is 0.246 e. The van der Waals surface area contributed by atoms with E-state index >= 15 is 0 Å². The zero-order valence-corrected chi connectivity index (χ0v) is 48.5. The summed E-state index contributed by atoms with van der Waals surface area (Å²) in [5, 5.41) is 35.7. The fourth-order valence-corrected chi connectivity index (χ4v) is 10.2. The van der Waals surface area contributed by atoms with E-state index in [1.54, 1.807) is 59.5 Å². The fourth-order valence-electron chi connectivity index (χ4n) is 10.2. The van der Waals surface area contributed by atoms with Gasteiger partial charge in [0, 0.05) is 12.6 Å². The molecule has 81 heavy (non-hydrogen) atoms. The lowest BCUT2D eigenvalue weighted by Gasteiger charge is -2.40. The van der Waals surface area contributed by atoms with E-state index in [1.165, 1.54) is 0 Å². The van der Waals surface area contributed by atoms with Crippen LogP contribution in [0.15, 0.2) is 73.1 Å². The second kappa shape index (κ2) is 33.3. The van der Waals surface area contributed by atoms with Crippen molar-refractivity contribution in [3.8, 4) is 0 Å². The molecule has 4 aromatic rings. The van der Waals surface area contributed by atoms with Gasteiger partial charge in [-0.15, -0.1) is 10.2 Å². The highest BCUT2D eigenvalue weighted by molar-refractivity contribution is 5.94. The molecular weight excluding hydrogens is 1040 g/mol. The van der Waals surface area contributed by atoms with Crippen molar-refractivity contribution >= 4 is 35.4 Å². The fraction of sp³-hybridized carbons (Fsp3) is 0.621. The summed E-state index contributed by atoms with van der Waals surface area (Å²) in [5.41, 5.74) is 2.69. The summed E-state index contributed by atoms with van der Waals surface area (Å²) in [6.45, 7) is 12.6. The van der Waals surface area contributed by atoms with Crippen molar-refractivity contribution in [1.82, 2.24) is 71.7 Å². The monoisotopic (exact) mass is 1120 g/mol. The molecule has 444 valence electrons. The van der Waals surface area contributed by atoms with Gasteiger partial charge in [0.25, 0.3) is 0 Å². The summed E-state index contributed by atoms with van der Waals surface area (Å²) >= 11 is 0.